The van der Waals surface area contributed by atoms with Gasteiger partial charge < -0.3 is 10.4 Å². The van der Waals surface area contributed by atoms with Crippen molar-refractivity contribution in [3.63, 3.8) is 0 Å². The third-order valence-electron chi connectivity index (χ3n) is 4.72. The Labute approximate surface area is 177 Å². The molecular weight excluding hydrogens is 406 g/mol. The second-order valence-corrected chi connectivity index (χ2v) is 8.03. The van der Waals surface area contributed by atoms with Crippen LogP contribution in [-0.4, -0.2) is 45.0 Å². The summed E-state index contributed by atoms with van der Waals surface area (Å²) in [4.78, 5) is 55.8. The number of thiazole rings is 1. The maximum Gasteiger partial charge on any atom is 0.267 e. The molecular formula is C21H21N3O5S. The molecule has 3 rings (SSSR count). The predicted molar refractivity (Wildman–Crippen MR) is 111 cm³/mol. The van der Waals surface area contributed by atoms with Crippen LogP contribution >= 0.6 is 11.3 Å². The van der Waals surface area contributed by atoms with Crippen molar-refractivity contribution in [2.45, 2.75) is 33.1 Å². The maximum atomic E-state index is 12.7. The highest BCUT2D eigenvalue weighted by Crippen LogP contribution is 2.23. The summed E-state index contributed by atoms with van der Waals surface area (Å²) in [7, 11) is 0. The lowest BCUT2D eigenvalue weighted by Crippen LogP contribution is -2.45. The van der Waals surface area contributed by atoms with Crippen molar-refractivity contribution < 1.29 is 24.3 Å². The van der Waals surface area contributed by atoms with Crippen LogP contribution in [0.25, 0.3) is 0 Å². The number of imide groups is 1. The highest BCUT2D eigenvalue weighted by atomic mass is 32.1. The Balaban J connectivity index is 1.69. The number of carbonyl (C=O) groups excluding carboxylic acids is 4. The number of aliphatic hydroxyl groups is 1. The molecule has 1 aliphatic heterocycles. The SMILES string of the molecule is Cc1nc(NC(=O)CC/C(O)=C2\C(=O)CCN(C(=O)c3ccccc3)C2=O)sc1C. The zero-order valence-electron chi connectivity index (χ0n) is 16.6. The number of anilines is 1. The van der Waals surface area contributed by atoms with Crippen LogP contribution < -0.4 is 5.32 Å². The number of allylic oxidation sites excluding steroid dienone is 1. The van der Waals surface area contributed by atoms with E-state index in [4.69, 9.17) is 0 Å². The Morgan fingerprint density at radius 1 is 1.17 bits per heavy atom. The first kappa shape index (κ1) is 21.4. The molecule has 0 radical (unpaired) electrons. The van der Waals surface area contributed by atoms with E-state index in [0.29, 0.717) is 10.7 Å². The number of nitrogens with zero attached hydrogens (tertiary/aromatic N) is 2. The number of Topliss-reactive ketones (excluding diaryl/α,β-unsaturated/α-hetero) is 1. The van der Waals surface area contributed by atoms with E-state index in [1.165, 1.54) is 11.3 Å². The van der Waals surface area contributed by atoms with Crippen LogP contribution in [0.1, 0.15) is 40.2 Å². The summed E-state index contributed by atoms with van der Waals surface area (Å²) in [5.41, 5.74) is 0.702. The molecule has 0 saturated carbocycles. The average Bonchev–Trinajstić information content (AvgIpc) is 3.03. The van der Waals surface area contributed by atoms with Crippen molar-refractivity contribution in [3.05, 3.63) is 57.8 Å². The normalized spacial score (nSPS) is 15.9. The topological polar surface area (TPSA) is 117 Å². The van der Waals surface area contributed by atoms with Crippen LogP contribution in [-0.2, 0) is 14.4 Å². The first-order valence-corrected chi connectivity index (χ1v) is 10.2. The summed E-state index contributed by atoms with van der Waals surface area (Å²) in [6, 6.07) is 8.23. The van der Waals surface area contributed by atoms with Gasteiger partial charge in [-0.05, 0) is 26.0 Å². The Morgan fingerprint density at radius 3 is 2.50 bits per heavy atom. The molecule has 2 aromatic rings. The quantitative estimate of drug-likeness (QED) is 0.328. The van der Waals surface area contributed by atoms with Crippen LogP contribution in [0.3, 0.4) is 0 Å². The molecule has 1 aromatic heterocycles. The molecule has 3 amide bonds. The molecule has 1 aliphatic rings. The van der Waals surface area contributed by atoms with Crippen molar-refractivity contribution in [1.82, 2.24) is 9.88 Å². The standard InChI is InChI=1S/C21H21N3O5S/c1-12-13(2)30-21(22-12)23-17(27)9-8-15(25)18-16(26)10-11-24(20(18)29)19(28)14-6-4-3-5-7-14/h3-7,25H,8-11H2,1-2H3,(H,22,23,27)/b18-15-. The molecule has 1 aromatic carbocycles. The number of nitrogens with one attached hydrogen (secondary N) is 1. The number of aliphatic hydroxyl groups excluding tert-OH is 1. The lowest BCUT2D eigenvalue weighted by atomic mass is 9.98. The number of aryl methyl sites for hydroxylation is 2. The second-order valence-electron chi connectivity index (χ2n) is 6.83. The van der Waals surface area contributed by atoms with Gasteiger partial charge in [0.25, 0.3) is 11.8 Å². The van der Waals surface area contributed by atoms with E-state index >= 15 is 0 Å². The predicted octanol–water partition coefficient (Wildman–Crippen LogP) is 2.93. The summed E-state index contributed by atoms with van der Waals surface area (Å²) in [5, 5.41) is 13.4. The van der Waals surface area contributed by atoms with E-state index in [1.54, 1.807) is 30.3 Å². The van der Waals surface area contributed by atoms with Crippen LogP contribution in [0.5, 0.6) is 0 Å². The Hall–Kier alpha value is -3.33. The van der Waals surface area contributed by atoms with Crippen molar-refractivity contribution in [3.8, 4) is 0 Å². The summed E-state index contributed by atoms with van der Waals surface area (Å²) >= 11 is 1.34. The Morgan fingerprint density at radius 2 is 1.87 bits per heavy atom. The summed E-state index contributed by atoms with van der Waals surface area (Å²) < 4.78 is 0. The fourth-order valence-corrected chi connectivity index (χ4v) is 3.80. The lowest BCUT2D eigenvalue weighted by molar-refractivity contribution is -0.131. The van der Waals surface area contributed by atoms with E-state index in [1.807, 2.05) is 13.8 Å². The number of rotatable bonds is 5. The van der Waals surface area contributed by atoms with Gasteiger partial charge in [0.15, 0.2) is 10.9 Å². The number of piperidine rings is 1. The van der Waals surface area contributed by atoms with Gasteiger partial charge in [-0.25, -0.2) is 4.98 Å². The molecule has 0 unspecified atom stereocenters. The number of ketones is 1. The number of aromatic nitrogens is 1. The minimum Gasteiger partial charge on any atom is -0.511 e. The van der Waals surface area contributed by atoms with Gasteiger partial charge in [-0.3, -0.25) is 24.1 Å². The molecule has 9 heteroatoms. The minimum absolute atomic E-state index is 0.0502. The number of benzene rings is 1. The van der Waals surface area contributed by atoms with E-state index in [-0.39, 0.29) is 25.8 Å². The molecule has 0 aliphatic carbocycles. The third-order valence-corrected chi connectivity index (χ3v) is 5.71. The summed E-state index contributed by atoms with van der Waals surface area (Å²) in [6.07, 6.45) is -0.414. The first-order valence-electron chi connectivity index (χ1n) is 9.38. The number of likely N-dealkylation sites (tertiary alicyclic amines) is 1. The summed E-state index contributed by atoms with van der Waals surface area (Å²) in [5.74, 6) is -2.81. The monoisotopic (exact) mass is 427 g/mol. The molecule has 2 N–H and O–H groups in total. The van der Waals surface area contributed by atoms with Gasteiger partial charge in [-0.2, -0.15) is 0 Å². The summed E-state index contributed by atoms with van der Waals surface area (Å²) in [6.45, 7) is 3.67. The smallest absolute Gasteiger partial charge is 0.267 e. The van der Waals surface area contributed by atoms with Gasteiger partial charge >= 0.3 is 0 Å². The molecule has 0 bridgehead atoms. The van der Waals surface area contributed by atoms with Crippen LogP contribution in [0.15, 0.2) is 41.7 Å². The Bertz CT molecular complexity index is 1020. The van der Waals surface area contributed by atoms with Crippen LogP contribution in [0.4, 0.5) is 5.13 Å². The van der Waals surface area contributed by atoms with E-state index < -0.39 is 34.8 Å². The third kappa shape index (κ3) is 4.62. The molecule has 156 valence electrons. The highest BCUT2D eigenvalue weighted by molar-refractivity contribution is 7.15. The molecule has 8 nitrogen and oxygen atoms in total. The molecule has 2 heterocycles. The Kier molecular flexibility index (Phi) is 6.41. The van der Waals surface area contributed by atoms with E-state index in [2.05, 4.69) is 10.3 Å². The van der Waals surface area contributed by atoms with Crippen molar-refractivity contribution >= 4 is 40.0 Å². The molecule has 1 saturated heterocycles. The zero-order chi connectivity index (χ0) is 21.8. The number of amides is 3. The molecule has 0 atom stereocenters. The zero-order valence-corrected chi connectivity index (χ0v) is 17.4. The van der Waals surface area contributed by atoms with Crippen LogP contribution in [0.2, 0.25) is 0 Å². The van der Waals surface area contributed by atoms with Gasteiger partial charge in [0.2, 0.25) is 5.91 Å². The lowest BCUT2D eigenvalue weighted by Gasteiger charge is -2.26. The number of hydrogen-bond acceptors (Lipinski definition) is 7. The maximum absolute atomic E-state index is 12.7. The van der Waals surface area contributed by atoms with Crippen LogP contribution in [0, 0.1) is 13.8 Å². The average molecular weight is 427 g/mol. The van der Waals surface area contributed by atoms with Gasteiger partial charge in [0.05, 0.1) is 5.69 Å². The molecule has 0 spiro atoms. The second kappa shape index (κ2) is 9.00. The van der Waals surface area contributed by atoms with E-state index in [0.717, 1.165) is 15.5 Å². The van der Waals surface area contributed by atoms with Gasteiger partial charge in [-0.1, -0.05) is 18.2 Å². The highest BCUT2D eigenvalue weighted by Gasteiger charge is 2.36. The van der Waals surface area contributed by atoms with Crippen molar-refractivity contribution in [2.75, 3.05) is 11.9 Å². The van der Waals surface area contributed by atoms with Gasteiger partial charge in [0.1, 0.15) is 11.3 Å². The number of hydrogen-bond donors (Lipinski definition) is 2. The van der Waals surface area contributed by atoms with Gasteiger partial charge in [0, 0.05) is 36.2 Å². The fraction of sp³-hybridized carbons (Fsp3) is 0.286. The fourth-order valence-electron chi connectivity index (χ4n) is 2.97. The minimum atomic E-state index is -0.843. The largest absolute Gasteiger partial charge is 0.511 e. The van der Waals surface area contributed by atoms with E-state index in [9.17, 15) is 24.3 Å². The van der Waals surface area contributed by atoms with Crippen molar-refractivity contribution in [1.29, 1.82) is 0 Å². The molecule has 1 fully saturated rings. The van der Waals surface area contributed by atoms with Gasteiger partial charge in [-0.15, -0.1) is 11.3 Å². The first-order chi connectivity index (χ1) is 14.3. The number of carbonyl (C=O) groups is 4. The van der Waals surface area contributed by atoms with Crippen molar-refractivity contribution in [2.24, 2.45) is 0 Å². The molecule has 30 heavy (non-hydrogen) atoms.